The second-order valence-corrected chi connectivity index (χ2v) is 5.35. The Morgan fingerprint density at radius 1 is 1.62 bits per heavy atom. The van der Waals surface area contributed by atoms with Crippen LogP contribution in [0, 0.1) is 0 Å². The smallest absolute Gasteiger partial charge is 0.148 e. The SMILES string of the molecule is O=CC1CCC(c2csc(Br)c2)O1. The van der Waals surface area contributed by atoms with E-state index >= 15 is 0 Å². The lowest BCUT2D eigenvalue weighted by molar-refractivity contribution is -0.117. The van der Waals surface area contributed by atoms with Crippen molar-refractivity contribution in [3.63, 3.8) is 0 Å². The number of thiophene rings is 1. The average molecular weight is 261 g/mol. The molecule has 0 spiro atoms. The highest BCUT2D eigenvalue weighted by Gasteiger charge is 2.26. The van der Waals surface area contributed by atoms with Gasteiger partial charge in [-0.25, -0.2) is 0 Å². The number of halogens is 1. The number of ether oxygens (including phenoxy) is 1. The van der Waals surface area contributed by atoms with Crippen LogP contribution in [0.2, 0.25) is 0 Å². The molecule has 2 rings (SSSR count). The highest BCUT2D eigenvalue weighted by Crippen LogP contribution is 2.35. The summed E-state index contributed by atoms with van der Waals surface area (Å²) in [4.78, 5) is 10.5. The quantitative estimate of drug-likeness (QED) is 0.765. The van der Waals surface area contributed by atoms with Gasteiger partial charge in [0, 0.05) is 0 Å². The maximum absolute atomic E-state index is 10.5. The van der Waals surface area contributed by atoms with Crippen LogP contribution in [-0.4, -0.2) is 12.4 Å². The van der Waals surface area contributed by atoms with E-state index in [9.17, 15) is 4.79 Å². The van der Waals surface area contributed by atoms with Crippen molar-refractivity contribution in [1.29, 1.82) is 0 Å². The molecule has 1 saturated heterocycles. The summed E-state index contributed by atoms with van der Waals surface area (Å²) in [6, 6.07) is 2.06. The first-order valence-corrected chi connectivity index (χ1v) is 5.81. The first-order valence-electron chi connectivity index (χ1n) is 4.14. The van der Waals surface area contributed by atoms with E-state index in [1.165, 1.54) is 5.56 Å². The monoisotopic (exact) mass is 260 g/mol. The maximum Gasteiger partial charge on any atom is 0.148 e. The van der Waals surface area contributed by atoms with Crippen LogP contribution in [-0.2, 0) is 9.53 Å². The lowest BCUT2D eigenvalue weighted by Crippen LogP contribution is -2.06. The molecule has 0 aromatic carbocycles. The molecule has 13 heavy (non-hydrogen) atoms. The molecule has 2 nitrogen and oxygen atoms in total. The zero-order valence-corrected chi connectivity index (χ0v) is 9.31. The predicted molar refractivity (Wildman–Crippen MR) is 54.9 cm³/mol. The normalized spacial score (nSPS) is 27.8. The molecule has 1 aromatic rings. The Bertz CT molecular complexity index is 310. The summed E-state index contributed by atoms with van der Waals surface area (Å²) in [5, 5.41) is 2.07. The summed E-state index contributed by atoms with van der Waals surface area (Å²) < 4.78 is 6.64. The first-order chi connectivity index (χ1) is 6.29. The Kier molecular flexibility index (Phi) is 2.81. The van der Waals surface area contributed by atoms with Crippen molar-refractivity contribution in [1.82, 2.24) is 0 Å². The van der Waals surface area contributed by atoms with E-state index in [4.69, 9.17) is 4.74 Å². The van der Waals surface area contributed by atoms with Gasteiger partial charge in [-0.05, 0) is 45.8 Å². The Balaban J connectivity index is 2.07. The Hall–Kier alpha value is -0.190. The zero-order valence-electron chi connectivity index (χ0n) is 6.90. The van der Waals surface area contributed by atoms with E-state index < -0.39 is 0 Å². The summed E-state index contributed by atoms with van der Waals surface area (Å²) in [5.41, 5.74) is 1.18. The minimum atomic E-state index is -0.191. The molecular formula is C9H9BrO2S. The van der Waals surface area contributed by atoms with Crippen LogP contribution in [0.25, 0.3) is 0 Å². The van der Waals surface area contributed by atoms with Crippen molar-refractivity contribution in [3.8, 4) is 0 Å². The summed E-state index contributed by atoms with van der Waals surface area (Å²) in [6.45, 7) is 0. The first kappa shape index (κ1) is 9.37. The Morgan fingerprint density at radius 2 is 2.46 bits per heavy atom. The van der Waals surface area contributed by atoms with Gasteiger partial charge in [-0.1, -0.05) is 0 Å². The third-order valence-corrected chi connectivity index (χ3v) is 3.69. The van der Waals surface area contributed by atoms with Gasteiger partial charge >= 0.3 is 0 Å². The van der Waals surface area contributed by atoms with Gasteiger partial charge in [-0.2, -0.15) is 0 Å². The number of rotatable bonds is 2. The summed E-state index contributed by atoms with van der Waals surface area (Å²) in [5.74, 6) is 0. The van der Waals surface area contributed by atoms with Crippen molar-refractivity contribution in [2.75, 3.05) is 0 Å². The summed E-state index contributed by atoms with van der Waals surface area (Å²) in [7, 11) is 0. The van der Waals surface area contributed by atoms with Crippen LogP contribution in [0.4, 0.5) is 0 Å². The number of hydrogen-bond donors (Lipinski definition) is 0. The third-order valence-electron chi connectivity index (χ3n) is 2.16. The Morgan fingerprint density at radius 3 is 3.00 bits per heavy atom. The van der Waals surface area contributed by atoms with Crippen LogP contribution in [0.15, 0.2) is 15.2 Å². The highest BCUT2D eigenvalue weighted by molar-refractivity contribution is 9.11. The molecule has 2 unspecified atom stereocenters. The molecule has 0 saturated carbocycles. The van der Waals surface area contributed by atoms with Gasteiger partial charge in [-0.15, -0.1) is 11.3 Å². The second kappa shape index (κ2) is 3.90. The number of aldehydes is 1. The molecule has 0 amide bonds. The highest BCUT2D eigenvalue weighted by atomic mass is 79.9. The van der Waals surface area contributed by atoms with Crippen molar-refractivity contribution in [2.24, 2.45) is 0 Å². The number of carbonyl (C=O) groups excluding carboxylic acids is 1. The largest absolute Gasteiger partial charge is 0.363 e. The molecule has 2 heterocycles. The van der Waals surface area contributed by atoms with E-state index in [0.29, 0.717) is 0 Å². The molecule has 70 valence electrons. The van der Waals surface area contributed by atoms with Gasteiger partial charge in [0.2, 0.25) is 0 Å². The van der Waals surface area contributed by atoms with E-state index in [1.807, 2.05) is 0 Å². The van der Waals surface area contributed by atoms with Crippen LogP contribution in [0.3, 0.4) is 0 Å². The number of hydrogen-bond acceptors (Lipinski definition) is 3. The standard InChI is InChI=1S/C9H9BrO2S/c10-9-3-6(5-13-9)8-2-1-7(4-11)12-8/h3-5,7-8H,1-2H2. The lowest BCUT2D eigenvalue weighted by Gasteiger charge is -2.07. The van der Waals surface area contributed by atoms with E-state index in [0.717, 1.165) is 22.9 Å². The summed E-state index contributed by atoms with van der Waals surface area (Å²) in [6.07, 6.45) is 2.62. The number of carbonyl (C=O) groups is 1. The van der Waals surface area contributed by atoms with Gasteiger partial charge in [0.25, 0.3) is 0 Å². The fourth-order valence-electron chi connectivity index (χ4n) is 1.50. The molecule has 1 aromatic heterocycles. The fourth-order valence-corrected chi connectivity index (χ4v) is 2.72. The zero-order chi connectivity index (χ0) is 9.26. The van der Waals surface area contributed by atoms with Crippen LogP contribution < -0.4 is 0 Å². The van der Waals surface area contributed by atoms with Gasteiger partial charge in [0.1, 0.15) is 12.4 Å². The van der Waals surface area contributed by atoms with Crippen molar-refractivity contribution >= 4 is 33.6 Å². The van der Waals surface area contributed by atoms with Crippen molar-refractivity contribution in [2.45, 2.75) is 25.0 Å². The third kappa shape index (κ3) is 2.00. The predicted octanol–water partition coefficient (Wildman–Crippen LogP) is 2.93. The van der Waals surface area contributed by atoms with E-state index in [1.54, 1.807) is 11.3 Å². The molecule has 0 radical (unpaired) electrons. The molecule has 0 bridgehead atoms. The van der Waals surface area contributed by atoms with Gasteiger partial charge in [0.15, 0.2) is 0 Å². The van der Waals surface area contributed by atoms with Crippen molar-refractivity contribution in [3.05, 3.63) is 20.8 Å². The molecule has 2 atom stereocenters. The molecule has 1 aliphatic heterocycles. The van der Waals surface area contributed by atoms with Gasteiger partial charge in [-0.3, -0.25) is 0 Å². The molecule has 1 aliphatic rings. The molecule has 0 N–H and O–H groups in total. The minimum Gasteiger partial charge on any atom is -0.363 e. The van der Waals surface area contributed by atoms with Crippen LogP contribution in [0.5, 0.6) is 0 Å². The fraction of sp³-hybridized carbons (Fsp3) is 0.444. The van der Waals surface area contributed by atoms with Crippen LogP contribution >= 0.6 is 27.3 Å². The topological polar surface area (TPSA) is 26.3 Å². The van der Waals surface area contributed by atoms with Gasteiger partial charge in [0.05, 0.1) is 9.89 Å². The minimum absolute atomic E-state index is 0.123. The second-order valence-electron chi connectivity index (χ2n) is 3.06. The van der Waals surface area contributed by atoms with Gasteiger partial charge < -0.3 is 9.53 Å². The van der Waals surface area contributed by atoms with Crippen LogP contribution in [0.1, 0.15) is 24.5 Å². The maximum atomic E-state index is 10.5. The lowest BCUT2D eigenvalue weighted by atomic mass is 10.1. The molecule has 0 aliphatic carbocycles. The Labute approximate surface area is 89.0 Å². The van der Waals surface area contributed by atoms with E-state index in [-0.39, 0.29) is 12.2 Å². The average Bonchev–Trinajstić information content (AvgIpc) is 2.71. The van der Waals surface area contributed by atoms with E-state index in [2.05, 4.69) is 27.4 Å². The molecule has 1 fully saturated rings. The molecular weight excluding hydrogens is 252 g/mol. The van der Waals surface area contributed by atoms with Crippen molar-refractivity contribution < 1.29 is 9.53 Å². The molecule has 4 heteroatoms. The summed E-state index contributed by atoms with van der Waals surface area (Å²) >= 11 is 5.05.